The second kappa shape index (κ2) is 6.01. The molecular weight excluding hydrogens is 354 g/mol. The highest BCUT2D eigenvalue weighted by Crippen LogP contribution is 2.40. The molecule has 0 radical (unpaired) electrons. The summed E-state index contributed by atoms with van der Waals surface area (Å²) in [5, 5.41) is 3.52. The molecule has 114 valence electrons. The fourth-order valence-electron chi connectivity index (χ4n) is 2.76. The number of anilines is 1. The number of benzene rings is 2. The third-order valence-corrected chi connectivity index (χ3v) is 4.34. The zero-order valence-electron chi connectivity index (χ0n) is 12.2. The minimum atomic E-state index is 0.0807. The monoisotopic (exact) mass is 367 g/mol. The van der Waals surface area contributed by atoms with Gasteiger partial charge in [0.25, 0.3) is 0 Å². The van der Waals surface area contributed by atoms with Crippen molar-refractivity contribution in [3.63, 3.8) is 0 Å². The number of halogens is 1. The predicted octanol–water partition coefficient (Wildman–Crippen LogP) is 4.74. The van der Waals surface area contributed by atoms with Crippen molar-refractivity contribution in [2.45, 2.75) is 12.5 Å². The van der Waals surface area contributed by atoms with Gasteiger partial charge in [0.2, 0.25) is 5.88 Å². The molecule has 0 bridgehead atoms. The highest BCUT2D eigenvalue weighted by Gasteiger charge is 2.24. The largest absolute Gasteiger partial charge is 0.437 e. The average molecular weight is 368 g/mol. The maximum absolute atomic E-state index is 5.99. The Labute approximate surface area is 142 Å². The molecule has 1 aromatic heterocycles. The molecule has 1 atom stereocenters. The van der Waals surface area contributed by atoms with Crippen LogP contribution in [0.25, 0.3) is 0 Å². The van der Waals surface area contributed by atoms with Crippen LogP contribution in [0.15, 0.2) is 65.5 Å². The maximum Gasteiger partial charge on any atom is 0.246 e. The Morgan fingerprint density at radius 3 is 2.87 bits per heavy atom. The van der Waals surface area contributed by atoms with E-state index in [-0.39, 0.29) is 6.04 Å². The van der Waals surface area contributed by atoms with Crippen LogP contribution in [0.1, 0.15) is 17.2 Å². The van der Waals surface area contributed by atoms with E-state index >= 15 is 0 Å². The van der Waals surface area contributed by atoms with Gasteiger partial charge in [-0.05, 0) is 30.2 Å². The SMILES string of the molecule is Brc1ccc2c(c1)C(Cc1ccccc1)Nc1cncnc1O2. The zero-order valence-corrected chi connectivity index (χ0v) is 13.8. The molecule has 0 saturated carbocycles. The molecule has 4 rings (SSSR count). The number of aromatic nitrogens is 2. The molecule has 1 unspecified atom stereocenters. The summed E-state index contributed by atoms with van der Waals surface area (Å²) in [4.78, 5) is 8.33. The van der Waals surface area contributed by atoms with Crippen molar-refractivity contribution in [1.29, 1.82) is 0 Å². The number of hydrogen-bond donors (Lipinski definition) is 1. The number of nitrogens with one attached hydrogen (secondary N) is 1. The van der Waals surface area contributed by atoms with Crippen molar-refractivity contribution in [3.05, 3.63) is 76.7 Å². The summed E-state index contributed by atoms with van der Waals surface area (Å²) in [5.74, 6) is 1.37. The van der Waals surface area contributed by atoms with E-state index in [1.165, 1.54) is 11.9 Å². The first-order valence-electron chi connectivity index (χ1n) is 7.37. The van der Waals surface area contributed by atoms with Crippen LogP contribution in [0.4, 0.5) is 5.69 Å². The van der Waals surface area contributed by atoms with Crippen LogP contribution >= 0.6 is 15.9 Å². The van der Waals surface area contributed by atoms with Crippen molar-refractivity contribution in [2.24, 2.45) is 0 Å². The predicted molar refractivity (Wildman–Crippen MR) is 92.8 cm³/mol. The van der Waals surface area contributed by atoms with Gasteiger partial charge in [0.15, 0.2) is 0 Å². The average Bonchev–Trinajstić information content (AvgIpc) is 2.72. The van der Waals surface area contributed by atoms with Crippen LogP contribution in [0.5, 0.6) is 11.6 Å². The van der Waals surface area contributed by atoms with Gasteiger partial charge in [-0.15, -0.1) is 0 Å². The van der Waals surface area contributed by atoms with Gasteiger partial charge in [0, 0.05) is 10.0 Å². The topological polar surface area (TPSA) is 47.0 Å². The molecule has 3 aromatic rings. The molecule has 2 aromatic carbocycles. The van der Waals surface area contributed by atoms with Crippen LogP contribution in [0, 0.1) is 0 Å². The molecule has 0 spiro atoms. The van der Waals surface area contributed by atoms with Gasteiger partial charge >= 0.3 is 0 Å². The number of nitrogens with zero attached hydrogens (tertiary/aromatic N) is 2. The lowest BCUT2D eigenvalue weighted by Crippen LogP contribution is -2.13. The molecule has 0 amide bonds. The Bertz CT molecular complexity index is 839. The Kier molecular flexibility index (Phi) is 3.71. The fourth-order valence-corrected chi connectivity index (χ4v) is 3.14. The van der Waals surface area contributed by atoms with Crippen LogP contribution in [-0.4, -0.2) is 9.97 Å². The number of hydrogen-bond acceptors (Lipinski definition) is 4. The molecular formula is C18H14BrN3O. The molecule has 23 heavy (non-hydrogen) atoms. The lowest BCUT2D eigenvalue weighted by molar-refractivity contribution is 0.461. The van der Waals surface area contributed by atoms with Gasteiger partial charge in [-0.2, -0.15) is 4.98 Å². The smallest absolute Gasteiger partial charge is 0.246 e. The van der Waals surface area contributed by atoms with Crippen molar-refractivity contribution >= 4 is 21.6 Å². The van der Waals surface area contributed by atoms with Crippen molar-refractivity contribution < 1.29 is 4.74 Å². The van der Waals surface area contributed by atoms with Crippen LogP contribution in [-0.2, 0) is 6.42 Å². The molecule has 1 N–H and O–H groups in total. The van der Waals surface area contributed by atoms with Gasteiger partial charge in [0.05, 0.1) is 12.2 Å². The zero-order chi connectivity index (χ0) is 15.6. The van der Waals surface area contributed by atoms with E-state index in [1.807, 2.05) is 18.2 Å². The molecule has 2 heterocycles. The summed E-state index contributed by atoms with van der Waals surface area (Å²) in [7, 11) is 0. The molecule has 1 aliphatic heterocycles. The first-order valence-corrected chi connectivity index (χ1v) is 8.16. The number of fused-ring (bicyclic) bond motifs is 2. The van der Waals surface area contributed by atoms with Gasteiger partial charge in [-0.3, -0.25) is 0 Å². The van der Waals surface area contributed by atoms with E-state index in [4.69, 9.17) is 4.74 Å². The molecule has 5 heteroatoms. The normalized spacial score (nSPS) is 15.6. The maximum atomic E-state index is 5.99. The minimum absolute atomic E-state index is 0.0807. The molecule has 0 saturated heterocycles. The van der Waals surface area contributed by atoms with Gasteiger partial charge in [-0.1, -0.05) is 46.3 Å². The quantitative estimate of drug-likeness (QED) is 0.710. The number of rotatable bonds is 2. The van der Waals surface area contributed by atoms with Gasteiger partial charge < -0.3 is 10.1 Å². The van der Waals surface area contributed by atoms with E-state index < -0.39 is 0 Å². The Balaban J connectivity index is 1.79. The Morgan fingerprint density at radius 2 is 2.00 bits per heavy atom. The van der Waals surface area contributed by atoms with E-state index in [9.17, 15) is 0 Å². The van der Waals surface area contributed by atoms with E-state index in [2.05, 4.69) is 61.5 Å². The standard InChI is InChI=1S/C18H14BrN3O/c19-13-6-7-17-14(9-13)15(8-12-4-2-1-3-5-12)22-16-10-20-11-21-18(16)23-17/h1-7,9-11,15,22H,8H2. The summed E-state index contributed by atoms with van der Waals surface area (Å²) >= 11 is 3.55. The lowest BCUT2D eigenvalue weighted by Gasteiger charge is -2.19. The minimum Gasteiger partial charge on any atom is -0.437 e. The van der Waals surface area contributed by atoms with Gasteiger partial charge in [0.1, 0.15) is 17.8 Å². The second-order valence-electron chi connectivity index (χ2n) is 5.41. The third-order valence-electron chi connectivity index (χ3n) is 3.84. The Hall–Kier alpha value is -2.40. The molecule has 4 nitrogen and oxygen atoms in total. The number of ether oxygens (including phenoxy) is 1. The van der Waals surface area contributed by atoms with Gasteiger partial charge in [-0.25, -0.2) is 4.98 Å². The van der Waals surface area contributed by atoms with Crippen LogP contribution < -0.4 is 10.1 Å². The third kappa shape index (κ3) is 2.92. The van der Waals surface area contributed by atoms with E-state index in [0.29, 0.717) is 5.88 Å². The van der Waals surface area contributed by atoms with Crippen LogP contribution in [0.2, 0.25) is 0 Å². The summed E-state index contributed by atoms with van der Waals surface area (Å²) in [6.07, 6.45) is 4.10. The summed E-state index contributed by atoms with van der Waals surface area (Å²) in [6.45, 7) is 0. The van der Waals surface area contributed by atoms with E-state index in [1.54, 1.807) is 6.20 Å². The summed E-state index contributed by atoms with van der Waals surface area (Å²) in [5.41, 5.74) is 3.17. The van der Waals surface area contributed by atoms with E-state index in [0.717, 1.165) is 27.9 Å². The fraction of sp³-hybridized carbons (Fsp3) is 0.111. The molecule has 1 aliphatic rings. The highest BCUT2D eigenvalue weighted by molar-refractivity contribution is 9.10. The second-order valence-corrected chi connectivity index (χ2v) is 6.33. The van der Waals surface area contributed by atoms with Crippen molar-refractivity contribution in [3.8, 4) is 11.6 Å². The highest BCUT2D eigenvalue weighted by atomic mass is 79.9. The first kappa shape index (κ1) is 14.2. The van der Waals surface area contributed by atoms with Crippen molar-refractivity contribution in [2.75, 3.05) is 5.32 Å². The summed E-state index contributed by atoms with van der Waals surface area (Å²) < 4.78 is 7.02. The molecule has 0 fully saturated rings. The first-order chi connectivity index (χ1) is 11.3. The lowest BCUT2D eigenvalue weighted by atomic mass is 9.98. The van der Waals surface area contributed by atoms with Crippen molar-refractivity contribution in [1.82, 2.24) is 9.97 Å². The molecule has 0 aliphatic carbocycles. The Morgan fingerprint density at radius 1 is 1.13 bits per heavy atom. The van der Waals surface area contributed by atoms with Crippen LogP contribution in [0.3, 0.4) is 0 Å². The summed E-state index contributed by atoms with van der Waals surface area (Å²) in [6, 6.07) is 16.5.